The summed E-state index contributed by atoms with van der Waals surface area (Å²) < 4.78 is 1.09. The number of rotatable bonds is 1. The second-order valence-electron chi connectivity index (χ2n) is 2.95. The zero-order chi connectivity index (χ0) is 11.0. The summed E-state index contributed by atoms with van der Waals surface area (Å²) in [5.74, 6) is 0. The molecule has 76 valence electrons. The highest BCUT2D eigenvalue weighted by molar-refractivity contribution is 6.69. The second-order valence-corrected chi connectivity index (χ2v) is 3.62. The van der Waals surface area contributed by atoms with E-state index >= 15 is 0 Å². The molecule has 15 heavy (non-hydrogen) atoms. The molecule has 1 heterocycles. The van der Waals surface area contributed by atoms with Gasteiger partial charge >= 0.3 is 5.37 Å². The fraction of sp³-hybridized carbons (Fsp3) is 0. The topological polar surface area (TPSA) is 39.1 Å². The quantitative estimate of drug-likeness (QED) is 0.720. The van der Waals surface area contributed by atoms with Crippen molar-refractivity contribution < 1.29 is 9.59 Å². The lowest BCUT2D eigenvalue weighted by Gasteiger charge is -1.99. The number of hydrogen-bond acceptors (Lipinski definition) is 2. The molecule has 1 aromatic heterocycles. The molecule has 5 heteroatoms. The summed E-state index contributed by atoms with van der Waals surface area (Å²) in [6.45, 7) is 0. The molecule has 0 fully saturated rings. The van der Waals surface area contributed by atoms with E-state index in [1.165, 1.54) is 6.07 Å². The lowest BCUT2D eigenvalue weighted by Crippen LogP contribution is -2.08. The third-order valence-electron chi connectivity index (χ3n) is 2.09. The summed E-state index contributed by atoms with van der Waals surface area (Å²) in [5, 5.41) is -0.712. The van der Waals surface area contributed by atoms with Crippen molar-refractivity contribution in [3.63, 3.8) is 0 Å². The molecule has 0 saturated carbocycles. The van der Waals surface area contributed by atoms with Crippen molar-refractivity contribution in [1.29, 1.82) is 0 Å². The average Bonchev–Trinajstić information content (AvgIpc) is 2.56. The normalized spacial score (nSPS) is 10.5. The summed E-state index contributed by atoms with van der Waals surface area (Å²) in [7, 11) is 0. The molecule has 0 unspecified atom stereocenters. The van der Waals surface area contributed by atoms with E-state index in [9.17, 15) is 9.59 Å². The maximum absolute atomic E-state index is 11.2. The fourth-order valence-electron chi connectivity index (χ4n) is 1.49. The third kappa shape index (κ3) is 1.64. The smallest absolute Gasteiger partial charge is 0.274 e. The molecule has 0 N–H and O–H groups in total. The number of carbonyl (C=O) groups excluding carboxylic acids is 2. The van der Waals surface area contributed by atoms with E-state index in [1.54, 1.807) is 24.3 Å². The van der Waals surface area contributed by atoms with Crippen molar-refractivity contribution in [3.8, 4) is 0 Å². The summed E-state index contributed by atoms with van der Waals surface area (Å²) in [5.41, 5.74) is 0.652. The van der Waals surface area contributed by atoms with Gasteiger partial charge < -0.3 is 0 Å². The maximum Gasteiger partial charge on any atom is 0.325 e. The molecule has 0 spiro atoms. The van der Waals surface area contributed by atoms with Gasteiger partial charge in [0.25, 0.3) is 5.24 Å². The van der Waals surface area contributed by atoms with E-state index in [0.717, 1.165) is 9.95 Å². The predicted octanol–water partition coefficient (Wildman–Crippen LogP) is 3.23. The first-order chi connectivity index (χ1) is 7.11. The van der Waals surface area contributed by atoms with Crippen LogP contribution in [0.25, 0.3) is 10.9 Å². The largest absolute Gasteiger partial charge is 0.325 e. The fourth-order valence-corrected chi connectivity index (χ4v) is 1.81. The SMILES string of the molecule is O=C(Cl)c1cc2ccccc2n1C(=O)Cl. The summed E-state index contributed by atoms with van der Waals surface area (Å²) >= 11 is 10.7. The third-order valence-corrected chi connectivity index (χ3v) is 2.45. The Kier molecular flexibility index (Phi) is 2.50. The Morgan fingerprint density at radius 3 is 2.40 bits per heavy atom. The van der Waals surface area contributed by atoms with Crippen molar-refractivity contribution in [2.24, 2.45) is 0 Å². The molecule has 3 nitrogen and oxygen atoms in total. The van der Waals surface area contributed by atoms with E-state index in [4.69, 9.17) is 23.2 Å². The van der Waals surface area contributed by atoms with Gasteiger partial charge in [0.05, 0.1) is 5.52 Å². The van der Waals surface area contributed by atoms with E-state index < -0.39 is 10.6 Å². The van der Waals surface area contributed by atoms with Crippen LogP contribution in [0, 0.1) is 0 Å². The number of aromatic nitrogens is 1. The predicted molar refractivity (Wildman–Crippen MR) is 58.8 cm³/mol. The molecule has 0 atom stereocenters. The molecule has 0 aliphatic heterocycles. The molecule has 0 aliphatic carbocycles. The number of hydrogen-bond donors (Lipinski definition) is 0. The number of benzene rings is 1. The second kappa shape index (κ2) is 3.68. The highest BCUT2D eigenvalue weighted by atomic mass is 35.5. The van der Waals surface area contributed by atoms with Crippen LogP contribution >= 0.6 is 23.2 Å². The van der Waals surface area contributed by atoms with Gasteiger partial charge in [0.15, 0.2) is 0 Å². The van der Waals surface area contributed by atoms with E-state index in [1.807, 2.05) is 0 Å². The van der Waals surface area contributed by atoms with Crippen LogP contribution in [-0.2, 0) is 0 Å². The first kappa shape index (κ1) is 10.2. The highest BCUT2D eigenvalue weighted by Gasteiger charge is 2.16. The Balaban J connectivity index is 2.86. The van der Waals surface area contributed by atoms with Gasteiger partial charge in [0, 0.05) is 5.39 Å². The monoisotopic (exact) mass is 241 g/mol. The van der Waals surface area contributed by atoms with Crippen molar-refractivity contribution in [2.45, 2.75) is 0 Å². The number of halogens is 2. The molecular weight excluding hydrogens is 237 g/mol. The van der Waals surface area contributed by atoms with Crippen molar-refractivity contribution in [3.05, 3.63) is 36.0 Å². The zero-order valence-corrected chi connectivity index (χ0v) is 8.92. The Hall–Kier alpha value is -1.32. The first-order valence-corrected chi connectivity index (χ1v) is 4.87. The van der Waals surface area contributed by atoms with Crippen LogP contribution in [0.3, 0.4) is 0 Å². The molecule has 0 radical (unpaired) electrons. The number of para-hydroxylation sites is 1. The Labute approximate surface area is 95.2 Å². The van der Waals surface area contributed by atoms with Crippen molar-refractivity contribution in [1.82, 2.24) is 4.57 Å². The molecular formula is C10H5Cl2NO2. The molecule has 1 aromatic carbocycles. The highest BCUT2D eigenvalue weighted by Crippen LogP contribution is 2.21. The number of carbonyl (C=O) groups is 2. The van der Waals surface area contributed by atoms with Crippen molar-refractivity contribution >= 4 is 44.7 Å². The lowest BCUT2D eigenvalue weighted by atomic mass is 10.2. The Morgan fingerprint density at radius 2 is 1.80 bits per heavy atom. The van der Waals surface area contributed by atoms with E-state index in [0.29, 0.717) is 5.52 Å². The van der Waals surface area contributed by atoms with Crippen LogP contribution < -0.4 is 0 Å². The van der Waals surface area contributed by atoms with Gasteiger partial charge in [-0.15, -0.1) is 0 Å². The molecule has 0 bridgehead atoms. The zero-order valence-electron chi connectivity index (χ0n) is 7.41. The van der Waals surface area contributed by atoms with Crippen LogP contribution in [0.2, 0.25) is 0 Å². The van der Waals surface area contributed by atoms with Gasteiger partial charge in [-0.2, -0.15) is 0 Å². The molecule has 0 amide bonds. The number of nitrogens with zero attached hydrogens (tertiary/aromatic N) is 1. The van der Waals surface area contributed by atoms with Crippen LogP contribution in [0.15, 0.2) is 30.3 Å². The molecule has 2 rings (SSSR count). The Bertz CT molecular complexity index is 560. The summed E-state index contributed by atoms with van der Waals surface area (Å²) in [4.78, 5) is 22.2. The minimum absolute atomic E-state index is 0.0814. The van der Waals surface area contributed by atoms with E-state index in [-0.39, 0.29) is 5.69 Å². The minimum Gasteiger partial charge on any atom is -0.274 e. The van der Waals surface area contributed by atoms with Gasteiger partial charge in [-0.25, -0.2) is 0 Å². The standard InChI is InChI=1S/C10H5Cl2NO2/c11-9(14)8-5-6-3-1-2-4-7(6)13(8)10(12)15/h1-5H. The van der Waals surface area contributed by atoms with Gasteiger partial charge in [0.1, 0.15) is 5.69 Å². The molecule has 0 aliphatic rings. The maximum atomic E-state index is 11.2. The van der Waals surface area contributed by atoms with Crippen LogP contribution in [0.5, 0.6) is 0 Å². The van der Waals surface area contributed by atoms with Crippen LogP contribution in [0.1, 0.15) is 10.5 Å². The van der Waals surface area contributed by atoms with Gasteiger partial charge in [-0.05, 0) is 35.3 Å². The van der Waals surface area contributed by atoms with Gasteiger partial charge in [-0.3, -0.25) is 14.2 Å². The van der Waals surface area contributed by atoms with Crippen LogP contribution in [0.4, 0.5) is 4.79 Å². The molecule has 0 saturated heterocycles. The summed E-state index contributed by atoms with van der Waals surface area (Å²) in [6, 6.07) is 8.55. The number of fused-ring (bicyclic) bond motifs is 1. The van der Waals surface area contributed by atoms with Crippen molar-refractivity contribution in [2.75, 3.05) is 0 Å². The molecule has 2 aromatic rings. The first-order valence-electron chi connectivity index (χ1n) is 4.11. The minimum atomic E-state index is -0.750. The van der Waals surface area contributed by atoms with Crippen LogP contribution in [-0.4, -0.2) is 15.2 Å². The van der Waals surface area contributed by atoms with Gasteiger partial charge in [-0.1, -0.05) is 18.2 Å². The average molecular weight is 242 g/mol. The Morgan fingerprint density at radius 1 is 1.13 bits per heavy atom. The van der Waals surface area contributed by atoms with E-state index in [2.05, 4.69) is 0 Å². The summed E-state index contributed by atoms with van der Waals surface area (Å²) in [6.07, 6.45) is 0. The lowest BCUT2D eigenvalue weighted by molar-refractivity contribution is 0.107. The van der Waals surface area contributed by atoms with Gasteiger partial charge in [0.2, 0.25) is 0 Å².